The Morgan fingerprint density at radius 1 is 1.24 bits per heavy atom. The normalized spacial score (nSPS) is 11.9. The van der Waals surface area contributed by atoms with Gasteiger partial charge in [0.2, 0.25) is 0 Å². The summed E-state index contributed by atoms with van der Waals surface area (Å²) >= 11 is 0. The van der Waals surface area contributed by atoms with Crippen LogP contribution in [0.25, 0.3) is 0 Å². The van der Waals surface area contributed by atoms with Gasteiger partial charge in [0.15, 0.2) is 11.7 Å². The Morgan fingerprint density at radius 2 is 2.00 bits per heavy atom. The molecule has 126 valence electrons. The van der Waals surface area contributed by atoms with Gasteiger partial charge in [0.1, 0.15) is 12.4 Å². The summed E-state index contributed by atoms with van der Waals surface area (Å²) in [7, 11) is 0. The highest BCUT2D eigenvalue weighted by molar-refractivity contribution is 5.89. The van der Waals surface area contributed by atoms with E-state index < -0.39 is 30.0 Å². The van der Waals surface area contributed by atoms with Crippen LogP contribution < -0.4 is 4.74 Å². The van der Waals surface area contributed by atoms with Crippen LogP contribution in [0, 0.1) is 22.7 Å². The molecule has 0 aliphatic rings. The summed E-state index contributed by atoms with van der Waals surface area (Å²) in [5.41, 5.74) is -0.717. The highest BCUT2D eigenvalue weighted by Gasteiger charge is 2.31. The van der Waals surface area contributed by atoms with E-state index in [-0.39, 0.29) is 11.4 Å². The minimum Gasteiger partial charge on any atom is -0.486 e. The van der Waals surface area contributed by atoms with Crippen molar-refractivity contribution >= 4 is 5.78 Å². The molecule has 0 spiro atoms. The number of Topliss-reactive ketones (excluding diaryl/α,β-unsaturated/α-hetero) is 1. The predicted octanol–water partition coefficient (Wildman–Crippen LogP) is 3.23. The standard InChI is InChI=1S/C17H10F3N3O2/c18-17(19,20)12-4-5-15(23-9-12)14(8-22)16(24)10-25-13-3-1-2-11(6-13)7-21/h1-6,9,14H,10H2. The maximum absolute atomic E-state index is 12.5. The smallest absolute Gasteiger partial charge is 0.417 e. The number of rotatable bonds is 5. The zero-order valence-electron chi connectivity index (χ0n) is 12.6. The second-order valence-electron chi connectivity index (χ2n) is 4.93. The molecule has 0 saturated carbocycles. The van der Waals surface area contributed by atoms with Crippen LogP contribution in [0.1, 0.15) is 22.7 Å². The Kier molecular flexibility index (Phi) is 5.35. The van der Waals surface area contributed by atoms with Crippen molar-refractivity contribution in [3.63, 3.8) is 0 Å². The number of carbonyl (C=O) groups is 1. The molecule has 1 atom stereocenters. The topological polar surface area (TPSA) is 86.8 Å². The monoisotopic (exact) mass is 345 g/mol. The van der Waals surface area contributed by atoms with Gasteiger partial charge in [0, 0.05) is 6.20 Å². The first-order chi connectivity index (χ1) is 11.8. The van der Waals surface area contributed by atoms with Crippen molar-refractivity contribution in [3.05, 3.63) is 59.4 Å². The molecule has 25 heavy (non-hydrogen) atoms. The summed E-state index contributed by atoms with van der Waals surface area (Å²) in [6, 6.07) is 11.5. The van der Waals surface area contributed by atoms with Crippen LogP contribution >= 0.6 is 0 Å². The molecular weight excluding hydrogens is 335 g/mol. The molecule has 5 nitrogen and oxygen atoms in total. The quantitative estimate of drug-likeness (QED) is 0.830. The molecule has 1 unspecified atom stereocenters. The SMILES string of the molecule is N#Cc1cccc(OCC(=O)C(C#N)c2ccc(C(F)(F)F)cn2)c1. The van der Waals surface area contributed by atoms with Gasteiger partial charge >= 0.3 is 6.18 Å². The van der Waals surface area contributed by atoms with Gasteiger partial charge in [0.25, 0.3) is 0 Å². The van der Waals surface area contributed by atoms with E-state index in [4.69, 9.17) is 15.3 Å². The van der Waals surface area contributed by atoms with Gasteiger partial charge in [-0.1, -0.05) is 6.07 Å². The number of nitriles is 2. The molecule has 0 radical (unpaired) electrons. The minimum atomic E-state index is -4.55. The third-order valence-corrected chi connectivity index (χ3v) is 3.20. The number of pyridine rings is 1. The van der Waals surface area contributed by atoms with Gasteiger partial charge < -0.3 is 4.74 Å². The highest BCUT2D eigenvalue weighted by Crippen LogP contribution is 2.29. The maximum atomic E-state index is 12.5. The minimum absolute atomic E-state index is 0.0881. The Labute approximate surface area is 140 Å². The van der Waals surface area contributed by atoms with Crippen LogP contribution in [0.15, 0.2) is 42.6 Å². The van der Waals surface area contributed by atoms with Crippen molar-refractivity contribution in [2.24, 2.45) is 0 Å². The fraction of sp³-hybridized carbons (Fsp3) is 0.176. The van der Waals surface area contributed by atoms with E-state index in [9.17, 15) is 18.0 Å². The van der Waals surface area contributed by atoms with E-state index in [1.807, 2.05) is 6.07 Å². The molecule has 0 bridgehead atoms. The summed E-state index contributed by atoms with van der Waals surface area (Å²) in [5.74, 6) is -1.73. The van der Waals surface area contributed by atoms with Crippen LogP contribution in [0.2, 0.25) is 0 Å². The van der Waals surface area contributed by atoms with Crippen LogP contribution in [0.4, 0.5) is 13.2 Å². The molecule has 0 saturated heterocycles. The van der Waals surface area contributed by atoms with Crippen molar-refractivity contribution in [1.29, 1.82) is 10.5 Å². The summed E-state index contributed by atoms with van der Waals surface area (Å²) in [5, 5.41) is 17.9. The molecule has 0 aliphatic heterocycles. The maximum Gasteiger partial charge on any atom is 0.417 e. The summed E-state index contributed by atoms with van der Waals surface area (Å²) < 4.78 is 42.8. The molecular formula is C17H10F3N3O2. The Morgan fingerprint density at radius 3 is 2.56 bits per heavy atom. The van der Waals surface area contributed by atoms with Crippen LogP contribution in [-0.4, -0.2) is 17.4 Å². The number of halogens is 3. The molecule has 2 aromatic rings. The van der Waals surface area contributed by atoms with Crippen LogP contribution in [0.5, 0.6) is 5.75 Å². The van der Waals surface area contributed by atoms with Crippen molar-refractivity contribution in [1.82, 2.24) is 4.98 Å². The third kappa shape index (κ3) is 4.55. The van der Waals surface area contributed by atoms with Crippen molar-refractivity contribution < 1.29 is 22.7 Å². The molecule has 8 heteroatoms. The number of benzene rings is 1. The number of carbonyl (C=O) groups excluding carboxylic acids is 1. The average molecular weight is 345 g/mol. The number of alkyl halides is 3. The molecule has 0 N–H and O–H groups in total. The first-order valence-electron chi connectivity index (χ1n) is 6.93. The lowest BCUT2D eigenvalue weighted by Crippen LogP contribution is -2.20. The van der Waals surface area contributed by atoms with Crippen molar-refractivity contribution in [2.75, 3.05) is 6.61 Å². The van der Waals surface area contributed by atoms with Gasteiger partial charge in [-0.3, -0.25) is 9.78 Å². The van der Waals surface area contributed by atoms with E-state index >= 15 is 0 Å². The average Bonchev–Trinajstić information content (AvgIpc) is 2.60. The van der Waals surface area contributed by atoms with E-state index in [0.717, 1.165) is 12.1 Å². The number of hydrogen-bond donors (Lipinski definition) is 0. The lowest BCUT2D eigenvalue weighted by molar-refractivity contribution is -0.137. The third-order valence-electron chi connectivity index (χ3n) is 3.20. The van der Waals surface area contributed by atoms with Gasteiger partial charge in [0.05, 0.1) is 29.0 Å². The predicted molar refractivity (Wildman–Crippen MR) is 79.3 cm³/mol. The lowest BCUT2D eigenvalue weighted by atomic mass is 10.0. The van der Waals surface area contributed by atoms with E-state index in [1.165, 1.54) is 12.1 Å². The highest BCUT2D eigenvalue weighted by atomic mass is 19.4. The van der Waals surface area contributed by atoms with Crippen molar-refractivity contribution in [2.45, 2.75) is 12.1 Å². The fourth-order valence-electron chi connectivity index (χ4n) is 1.94. The lowest BCUT2D eigenvalue weighted by Gasteiger charge is -2.11. The zero-order chi connectivity index (χ0) is 18.4. The molecule has 1 heterocycles. The Balaban J connectivity index is 2.08. The molecule has 0 amide bonds. The second-order valence-corrected chi connectivity index (χ2v) is 4.93. The molecule has 0 aliphatic carbocycles. The molecule has 1 aromatic carbocycles. The van der Waals surface area contributed by atoms with Gasteiger partial charge in [-0.2, -0.15) is 23.7 Å². The van der Waals surface area contributed by atoms with E-state index in [0.29, 0.717) is 11.8 Å². The second kappa shape index (κ2) is 7.45. The largest absolute Gasteiger partial charge is 0.486 e. The number of nitrogens with zero attached hydrogens (tertiary/aromatic N) is 3. The summed E-state index contributed by atoms with van der Waals surface area (Å²) in [6.45, 7) is -0.476. The molecule has 1 aromatic heterocycles. The fourth-order valence-corrected chi connectivity index (χ4v) is 1.94. The van der Waals surface area contributed by atoms with E-state index in [1.54, 1.807) is 18.2 Å². The van der Waals surface area contributed by atoms with Gasteiger partial charge in [-0.15, -0.1) is 0 Å². The van der Waals surface area contributed by atoms with E-state index in [2.05, 4.69) is 4.98 Å². The number of aromatic nitrogens is 1. The first-order valence-corrected chi connectivity index (χ1v) is 6.93. The van der Waals surface area contributed by atoms with Crippen LogP contribution in [0.3, 0.4) is 0 Å². The summed E-state index contributed by atoms with van der Waals surface area (Å²) in [4.78, 5) is 15.7. The summed E-state index contributed by atoms with van der Waals surface area (Å²) in [6.07, 6.45) is -3.98. The number of hydrogen-bond acceptors (Lipinski definition) is 5. The number of ketones is 1. The first kappa shape index (κ1) is 18.0. The Bertz CT molecular complexity index is 849. The van der Waals surface area contributed by atoms with Gasteiger partial charge in [-0.25, -0.2) is 0 Å². The number of ether oxygens (including phenoxy) is 1. The zero-order valence-corrected chi connectivity index (χ0v) is 12.6. The van der Waals surface area contributed by atoms with Crippen LogP contribution in [-0.2, 0) is 11.0 Å². The Hall–Kier alpha value is -3.39. The molecule has 2 rings (SSSR count). The molecule has 0 fully saturated rings. The van der Waals surface area contributed by atoms with Crippen molar-refractivity contribution in [3.8, 4) is 17.9 Å². The van der Waals surface area contributed by atoms with Gasteiger partial charge in [-0.05, 0) is 30.3 Å².